The Labute approximate surface area is 122 Å². The number of carbonyl (C=O) groups is 2. The minimum Gasteiger partial charge on any atom is -0.395 e. The molecule has 2 rings (SSSR count). The number of hydrogen-bond acceptors (Lipinski definition) is 6. The molecule has 0 bridgehead atoms. The summed E-state index contributed by atoms with van der Waals surface area (Å²) in [4.78, 5) is 27.8. The van der Waals surface area contributed by atoms with E-state index in [1.807, 2.05) is 0 Å². The monoisotopic (exact) mass is 302 g/mol. The Kier molecular flexibility index (Phi) is 4.69. The van der Waals surface area contributed by atoms with Crippen molar-refractivity contribution in [1.29, 1.82) is 0 Å². The summed E-state index contributed by atoms with van der Waals surface area (Å²) in [6, 6.07) is 0. The molecule has 1 spiro atoms. The zero-order chi connectivity index (χ0) is 14.8. The van der Waals surface area contributed by atoms with Crippen LogP contribution in [-0.2, 0) is 14.3 Å². The third kappa shape index (κ3) is 2.32. The molecule has 2 fully saturated rings. The van der Waals surface area contributed by atoms with E-state index >= 15 is 0 Å². The molecule has 0 aromatic heterocycles. The molecule has 2 saturated heterocycles. The van der Waals surface area contributed by atoms with Crippen LogP contribution in [0.1, 0.15) is 12.8 Å². The van der Waals surface area contributed by atoms with Crippen LogP contribution in [0, 0.1) is 5.41 Å². The third-order valence-electron chi connectivity index (χ3n) is 3.76. The van der Waals surface area contributed by atoms with E-state index in [-0.39, 0.29) is 43.2 Å². The van der Waals surface area contributed by atoms with Crippen LogP contribution in [0.3, 0.4) is 0 Å². The summed E-state index contributed by atoms with van der Waals surface area (Å²) in [7, 11) is 0. The lowest BCUT2D eigenvalue weighted by molar-refractivity contribution is -0.163. The standard InChI is InChI=1S/C12H18N2O5S/c15-5-3-13-9(17)12(1-7-19-8-2-12)10(18)14(4-6-16)11(13)20/h15-16H,1-8H2. The largest absolute Gasteiger partial charge is 0.395 e. The lowest BCUT2D eigenvalue weighted by atomic mass is 9.76. The van der Waals surface area contributed by atoms with Crippen molar-refractivity contribution in [3.8, 4) is 0 Å². The van der Waals surface area contributed by atoms with Crippen LogP contribution in [-0.4, -0.2) is 76.5 Å². The molecule has 0 saturated carbocycles. The van der Waals surface area contributed by atoms with E-state index in [1.54, 1.807) is 0 Å². The molecule has 0 aliphatic carbocycles. The molecule has 2 amide bonds. The average Bonchev–Trinajstić information content (AvgIpc) is 2.47. The first-order valence-corrected chi connectivity index (χ1v) is 6.96. The molecule has 0 radical (unpaired) electrons. The highest BCUT2D eigenvalue weighted by Crippen LogP contribution is 2.38. The van der Waals surface area contributed by atoms with Crippen molar-refractivity contribution in [2.75, 3.05) is 39.5 Å². The highest BCUT2D eigenvalue weighted by Gasteiger charge is 2.55. The number of aliphatic hydroxyl groups is 2. The normalized spacial score (nSPS) is 22.8. The summed E-state index contributed by atoms with van der Waals surface area (Å²) in [6.07, 6.45) is 0.605. The maximum absolute atomic E-state index is 12.6. The van der Waals surface area contributed by atoms with E-state index in [4.69, 9.17) is 27.2 Å². The summed E-state index contributed by atoms with van der Waals surface area (Å²) in [5.41, 5.74) is -1.16. The first-order chi connectivity index (χ1) is 9.58. The highest BCUT2D eigenvalue weighted by atomic mass is 32.1. The van der Waals surface area contributed by atoms with Crippen LogP contribution < -0.4 is 0 Å². The fourth-order valence-electron chi connectivity index (χ4n) is 2.67. The molecule has 7 nitrogen and oxygen atoms in total. The van der Waals surface area contributed by atoms with Crippen molar-refractivity contribution in [3.05, 3.63) is 0 Å². The molecule has 2 heterocycles. The van der Waals surface area contributed by atoms with Gasteiger partial charge in [-0.25, -0.2) is 0 Å². The summed E-state index contributed by atoms with van der Waals surface area (Å²) >= 11 is 5.14. The second-order valence-electron chi connectivity index (χ2n) is 4.84. The number of hydrogen-bond donors (Lipinski definition) is 2. The SMILES string of the molecule is O=C1N(CCO)C(=S)N(CCO)C(=O)C12CCOCC2. The molecule has 2 aliphatic heterocycles. The van der Waals surface area contributed by atoms with Gasteiger partial charge in [-0.3, -0.25) is 19.4 Å². The molecule has 0 unspecified atom stereocenters. The molecule has 112 valence electrons. The Morgan fingerprint density at radius 2 is 1.50 bits per heavy atom. The molecule has 2 N–H and O–H groups in total. The molecular formula is C12H18N2O5S. The van der Waals surface area contributed by atoms with Gasteiger partial charge < -0.3 is 14.9 Å². The van der Waals surface area contributed by atoms with Gasteiger partial charge in [0.15, 0.2) is 5.11 Å². The molecule has 0 aromatic carbocycles. The Balaban J connectivity index is 2.37. The van der Waals surface area contributed by atoms with E-state index in [2.05, 4.69) is 0 Å². The van der Waals surface area contributed by atoms with Crippen molar-refractivity contribution >= 4 is 29.1 Å². The maximum atomic E-state index is 12.6. The second-order valence-corrected chi connectivity index (χ2v) is 5.20. The second kappa shape index (κ2) is 6.13. The van der Waals surface area contributed by atoms with E-state index in [9.17, 15) is 9.59 Å². The Bertz CT molecular complexity index is 392. The van der Waals surface area contributed by atoms with Gasteiger partial charge >= 0.3 is 0 Å². The molecule has 2 aliphatic rings. The van der Waals surface area contributed by atoms with Gasteiger partial charge in [0.05, 0.1) is 26.3 Å². The van der Waals surface area contributed by atoms with Crippen molar-refractivity contribution in [2.24, 2.45) is 5.41 Å². The van der Waals surface area contributed by atoms with Gasteiger partial charge in [0.1, 0.15) is 5.41 Å². The summed E-state index contributed by atoms with van der Waals surface area (Å²) in [6.45, 7) is 0.304. The van der Waals surface area contributed by atoms with Gasteiger partial charge in [0, 0.05) is 13.2 Å². The van der Waals surface area contributed by atoms with Gasteiger partial charge in [0.25, 0.3) is 0 Å². The number of ether oxygens (including phenoxy) is 1. The average molecular weight is 302 g/mol. The quantitative estimate of drug-likeness (QED) is 0.497. The third-order valence-corrected chi connectivity index (χ3v) is 4.21. The number of nitrogens with zero attached hydrogens (tertiary/aromatic N) is 2. The van der Waals surface area contributed by atoms with Crippen molar-refractivity contribution in [3.63, 3.8) is 0 Å². The maximum Gasteiger partial charge on any atom is 0.244 e. The van der Waals surface area contributed by atoms with Crippen molar-refractivity contribution < 1.29 is 24.5 Å². The van der Waals surface area contributed by atoms with Crippen LogP contribution in [0.2, 0.25) is 0 Å². The molecule has 8 heteroatoms. The molecule has 0 aromatic rings. The first kappa shape index (κ1) is 15.3. The van der Waals surface area contributed by atoms with Crippen LogP contribution >= 0.6 is 12.2 Å². The predicted molar refractivity (Wildman–Crippen MR) is 72.7 cm³/mol. The van der Waals surface area contributed by atoms with Crippen LogP contribution in [0.15, 0.2) is 0 Å². The minimum atomic E-state index is -1.16. The van der Waals surface area contributed by atoms with E-state index in [1.165, 1.54) is 9.80 Å². The predicted octanol–water partition coefficient (Wildman–Crippen LogP) is -1.28. The molecular weight excluding hydrogens is 284 g/mol. The number of rotatable bonds is 4. The first-order valence-electron chi connectivity index (χ1n) is 6.56. The number of aliphatic hydroxyl groups excluding tert-OH is 2. The van der Waals surface area contributed by atoms with Gasteiger partial charge in [-0.1, -0.05) is 0 Å². The lowest BCUT2D eigenvalue weighted by Crippen LogP contribution is -2.66. The number of β-amino-alcohol motifs (C(OH)–C–C–N with tert-alkyl or cyclic N) is 2. The zero-order valence-corrected chi connectivity index (χ0v) is 11.9. The van der Waals surface area contributed by atoms with Gasteiger partial charge in [0.2, 0.25) is 11.8 Å². The fraction of sp³-hybridized carbons (Fsp3) is 0.750. The lowest BCUT2D eigenvalue weighted by Gasteiger charge is -2.47. The number of thiocarbonyl (C=S) groups is 1. The molecule has 0 atom stereocenters. The number of carbonyl (C=O) groups excluding carboxylic acids is 2. The highest BCUT2D eigenvalue weighted by molar-refractivity contribution is 7.80. The Morgan fingerprint density at radius 1 is 1.05 bits per heavy atom. The number of amides is 2. The smallest absolute Gasteiger partial charge is 0.244 e. The van der Waals surface area contributed by atoms with Crippen molar-refractivity contribution in [1.82, 2.24) is 9.80 Å². The summed E-state index contributed by atoms with van der Waals surface area (Å²) < 4.78 is 5.24. The minimum absolute atomic E-state index is 0.0511. The Hall–Kier alpha value is -1.09. The van der Waals surface area contributed by atoms with Crippen molar-refractivity contribution in [2.45, 2.75) is 12.8 Å². The van der Waals surface area contributed by atoms with Crippen LogP contribution in [0.25, 0.3) is 0 Å². The van der Waals surface area contributed by atoms with E-state index in [0.717, 1.165) is 0 Å². The topological polar surface area (TPSA) is 90.3 Å². The zero-order valence-electron chi connectivity index (χ0n) is 11.1. The summed E-state index contributed by atoms with van der Waals surface area (Å²) in [5.74, 6) is -0.724. The van der Waals surface area contributed by atoms with Crippen LogP contribution in [0.5, 0.6) is 0 Å². The van der Waals surface area contributed by atoms with Gasteiger partial charge in [-0.15, -0.1) is 0 Å². The Morgan fingerprint density at radius 3 is 1.90 bits per heavy atom. The van der Waals surface area contributed by atoms with Gasteiger partial charge in [-0.2, -0.15) is 0 Å². The summed E-state index contributed by atoms with van der Waals surface area (Å²) in [5, 5.41) is 18.2. The fourth-order valence-corrected chi connectivity index (χ4v) is 3.02. The molecule has 20 heavy (non-hydrogen) atoms. The van der Waals surface area contributed by atoms with E-state index < -0.39 is 5.41 Å². The van der Waals surface area contributed by atoms with Gasteiger partial charge in [-0.05, 0) is 25.1 Å². The van der Waals surface area contributed by atoms with E-state index in [0.29, 0.717) is 26.1 Å². The van der Waals surface area contributed by atoms with Crippen LogP contribution in [0.4, 0.5) is 0 Å².